The molecule has 0 fully saturated rings. The smallest absolute Gasteiger partial charge is 0.0636 e. The molecule has 0 N–H and O–H groups in total. The van der Waals surface area contributed by atoms with Crippen LogP contribution in [0.2, 0.25) is 0 Å². The summed E-state index contributed by atoms with van der Waals surface area (Å²) in [6.45, 7) is 23.9. The lowest BCUT2D eigenvalue weighted by Crippen LogP contribution is -2.72. The molecule has 1 aliphatic carbocycles. The minimum atomic E-state index is -3.15. The summed E-state index contributed by atoms with van der Waals surface area (Å²) >= 11 is 0. The second-order valence-corrected chi connectivity index (χ2v) is 20.3. The summed E-state index contributed by atoms with van der Waals surface area (Å²) < 4.78 is 0. The van der Waals surface area contributed by atoms with Crippen LogP contribution in [-0.4, -0.2) is 8.07 Å². The van der Waals surface area contributed by atoms with Crippen LogP contribution in [0, 0.1) is 47.5 Å². The highest BCUT2D eigenvalue weighted by molar-refractivity contribution is 7.17. The van der Waals surface area contributed by atoms with Crippen molar-refractivity contribution in [1.29, 1.82) is 0 Å². The minimum absolute atomic E-state index is 0.313. The maximum atomic E-state index is 2.64. The Morgan fingerprint density at radius 3 is 0.982 bits per heavy atom. The Labute approximate surface area is 332 Å². The first-order valence-electron chi connectivity index (χ1n) is 20.2. The van der Waals surface area contributed by atoms with Gasteiger partial charge in [-0.1, -0.05) is 167 Å². The van der Waals surface area contributed by atoms with E-state index >= 15 is 0 Å². The highest BCUT2D eigenvalue weighted by Gasteiger charge is 2.51. The van der Waals surface area contributed by atoms with Gasteiger partial charge in [0.15, 0.2) is 8.07 Å². The first-order chi connectivity index (χ1) is 26.4. The highest BCUT2D eigenvalue weighted by Crippen LogP contribution is 2.43. The summed E-state index contributed by atoms with van der Waals surface area (Å²) in [5.41, 5.74) is 21.3. The van der Waals surface area contributed by atoms with Gasteiger partial charge in [0.25, 0.3) is 0 Å². The van der Waals surface area contributed by atoms with E-state index in [-0.39, 0.29) is 0 Å². The van der Waals surface area contributed by atoms with Crippen molar-refractivity contribution in [3.8, 4) is 0 Å². The fourth-order valence-corrected chi connectivity index (χ4v) is 16.8. The Hall–Kier alpha value is -4.98. The van der Waals surface area contributed by atoms with Gasteiger partial charge in [0.2, 0.25) is 0 Å². The molecule has 0 aliphatic heterocycles. The summed E-state index contributed by atoms with van der Waals surface area (Å²) in [5.74, 6) is 0.313. The molecule has 0 amide bonds. The van der Waals surface area contributed by atoms with Crippen LogP contribution in [0.15, 0.2) is 149 Å². The molecule has 0 spiro atoms. The number of benzene rings is 6. The third-order valence-electron chi connectivity index (χ3n) is 12.8. The maximum Gasteiger partial charge on any atom is 0.177 e. The van der Waals surface area contributed by atoms with Crippen LogP contribution in [0.25, 0.3) is 0 Å². The molecule has 0 nitrogen and oxygen atoms in total. The van der Waals surface area contributed by atoms with Gasteiger partial charge in [0.1, 0.15) is 0 Å². The van der Waals surface area contributed by atoms with Crippen molar-refractivity contribution in [3.63, 3.8) is 0 Å². The summed E-state index contributed by atoms with van der Waals surface area (Å²) in [6.07, 6.45) is 2.71. The van der Waals surface area contributed by atoms with E-state index in [0.717, 1.165) is 19.3 Å². The molecule has 0 radical (unpaired) electrons. The Kier molecular flexibility index (Phi) is 10.9. The Balaban J connectivity index is 1.75. The Morgan fingerprint density at radius 1 is 0.400 bits per heavy atom. The van der Waals surface area contributed by atoms with Crippen LogP contribution in [0.5, 0.6) is 0 Å². The van der Waals surface area contributed by atoms with Crippen LogP contribution in [-0.2, 0) is 19.3 Å². The molecule has 0 bridgehead atoms. The predicted octanol–water partition coefficient (Wildman–Crippen LogP) is 11.6. The molecule has 1 atom stereocenters. The Morgan fingerprint density at radius 2 is 0.709 bits per heavy atom. The second kappa shape index (κ2) is 15.6. The second-order valence-electron chi connectivity index (χ2n) is 16.6. The van der Waals surface area contributed by atoms with Gasteiger partial charge in [-0.15, -0.1) is 0 Å². The van der Waals surface area contributed by atoms with E-state index < -0.39 is 8.07 Å². The van der Waals surface area contributed by atoms with Gasteiger partial charge >= 0.3 is 0 Å². The third kappa shape index (κ3) is 7.16. The zero-order valence-electron chi connectivity index (χ0n) is 34.8. The quantitative estimate of drug-likeness (QED) is 0.0971. The van der Waals surface area contributed by atoms with E-state index in [1.165, 1.54) is 83.5 Å². The van der Waals surface area contributed by atoms with Crippen molar-refractivity contribution in [2.24, 2.45) is 5.92 Å². The zero-order chi connectivity index (χ0) is 39.0. The van der Waals surface area contributed by atoms with Gasteiger partial charge in [-0.3, -0.25) is 0 Å². The van der Waals surface area contributed by atoms with Crippen molar-refractivity contribution >= 4 is 23.6 Å². The van der Waals surface area contributed by atoms with Gasteiger partial charge in [-0.05, 0) is 159 Å². The van der Waals surface area contributed by atoms with Gasteiger partial charge in [0.05, 0.1) is 0 Å². The van der Waals surface area contributed by atoms with Crippen LogP contribution < -0.4 is 15.6 Å². The largest absolute Gasteiger partial charge is 0.177 e. The first-order valence-corrected chi connectivity index (χ1v) is 22.2. The predicted molar refractivity (Wildman–Crippen MR) is 240 cm³/mol. The van der Waals surface area contributed by atoms with Crippen molar-refractivity contribution in [1.82, 2.24) is 0 Å². The molecule has 0 saturated heterocycles. The topological polar surface area (TPSA) is 0 Å². The van der Waals surface area contributed by atoms with E-state index in [2.05, 4.69) is 197 Å². The van der Waals surface area contributed by atoms with Crippen molar-refractivity contribution < 1.29 is 0 Å². The molecular formula is C54H58Si. The van der Waals surface area contributed by atoms with Gasteiger partial charge in [-0.2, -0.15) is 0 Å². The molecule has 0 aromatic heterocycles. The van der Waals surface area contributed by atoms with Crippen LogP contribution in [0.1, 0.15) is 94.5 Å². The van der Waals surface area contributed by atoms with E-state index in [9.17, 15) is 0 Å². The maximum absolute atomic E-state index is 3.15. The van der Waals surface area contributed by atoms with Crippen LogP contribution in [0.4, 0.5) is 0 Å². The van der Waals surface area contributed by atoms with E-state index in [1.54, 1.807) is 20.8 Å². The lowest BCUT2D eigenvalue weighted by atomic mass is 9.98. The third-order valence-corrected chi connectivity index (χ3v) is 18.2. The molecule has 278 valence electrons. The molecule has 1 unspecified atom stereocenters. The van der Waals surface area contributed by atoms with E-state index in [0.29, 0.717) is 5.92 Å². The molecule has 1 aliphatic rings. The SMILES string of the molecule is CC1=C(C)C(C)C([Si](c2cc(C)cc(C)c2Cc2ccccc2)(c2cc(C)cc(C)c2Cc2ccccc2)c2cc(C)cc(C)c2Cc2ccccc2)=C1C. The molecule has 6 aromatic carbocycles. The molecule has 6 aromatic rings. The lowest BCUT2D eigenvalue weighted by molar-refractivity contribution is 0.851. The standard InChI is InChI=1S/C54H58Si/c1-35-26-38(4)48(32-45-20-14-11-15-21-45)51(29-35)55(54-43(9)41(7)42(8)44(54)10,52-30-36(2)27-39(5)49(52)33-46-22-16-12-17-23-46)53-31-37(3)28-40(6)50(53)34-47-24-18-13-19-25-47/h11-31,43H,32-34H2,1-10H3. The monoisotopic (exact) mass is 734 g/mol. The van der Waals surface area contributed by atoms with Crippen molar-refractivity contribution in [2.75, 3.05) is 0 Å². The molecule has 0 saturated carbocycles. The minimum Gasteiger partial charge on any atom is -0.0636 e. The molecular weight excluding hydrogens is 677 g/mol. The number of aryl methyl sites for hydroxylation is 6. The number of rotatable bonds is 10. The zero-order valence-corrected chi connectivity index (χ0v) is 35.8. The lowest BCUT2D eigenvalue weighted by Gasteiger charge is -2.43. The number of allylic oxidation sites excluding steroid dienone is 4. The Bertz CT molecular complexity index is 2190. The molecule has 0 heterocycles. The normalized spacial score (nSPS) is 14.6. The van der Waals surface area contributed by atoms with Gasteiger partial charge in [-0.25, -0.2) is 0 Å². The molecule has 55 heavy (non-hydrogen) atoms. The van der Waals surface area contributed by atoms with Gasteiger partial charge in [0, 0.05) is 0 Å². The van der Waals surface area contributed by atoms with E-state index in [1.807, 2.05) is 0 Å². The highest BCUT2D eigenvalue weighted by atomic mass is 28.3. The summed E-state index contributed by atoms with van der Waals surface area (Å²) in [6, 6.07) is 48.8. The molecule has 1 heteroatoms. The van der Waals surface area contributed by atoms with Crippen LogP contribution in [0.3, 0.4) is 0 Å². The van der Waals surface area contributed by atoms with E-state index in [4.69, 9.17) is 0 Å². The molecule has 7 rings (SSSR count). The van der Waals surface area contributed by atoms with Crippen molar-refractivity contribution in [3.05, 3.63) is 216 Å². The van der Waals surface area contributed by atoms with Crippen molar-refractivity contribution in [2.45, 2.75) is 88.5 Å². The van der Waals surface area contributed by atoms with Gasteiger partial charge < -0.3 is 0 Å². The number of hydrogen-bond donors (Lipinski definition) is 0. The fraction of sp³-hybridized carbons (Fsp3) is 0.259. The average Bonchev–Trinajstić information content (AvgIpc) is 3.35. The average molecular weight is 735 g/mol. The van der Waals surface area contributed by atoms with Crippen LogP contribution >= 0.6 is 0 Å². The summed E-state index contributed by atoms with van der Waals surface area (Å²) in [7, 11) is -3.15. The fourth-order valence-electron chi connectivity index (χ4n) is 9.94. The summed E-state index contributed by atoms with van der Waals surface area (Å²) in [5, 5.41) is 6.36. The summed E-state index contributed by atoms with van der Waals surface area (Å²) in [4.78, 5) is 0. The first kappa shape index (κ1) is 38.3. The number of hydrogen-bond acceptors (Lipinski definition) is 0.